The van der Waals surface area contributed by atoms with E-state index >= 15 is 0 Å². The zero-order chi connectivity index (χ0) is 11.7. The molecule has 16 heavy (non-hydrogen) atoms. The number of fused-ring (bicyclic) bond motifs is 1. The van der Waals surface area contributed by atoms with E-state index in [0.29, 0.717) is 11.1 Å². The first kappa shape index (κ1) is 10.4. The number of carbonyl (C=O) groups is 2. The van der Waals surface area contributed by atoms with E-state index in [4.69, 9.17) is 11.3 Å². The first-order valence-electron chi connectivity index (χ1n) is 4.76. The summed E-state index contributed by atoms with van der Waals surface area (Å²) in [6.45, 7) is 1.59. The summed E-state index contributed by atoms with van der Waals surface area (Å²) in [5.41, 5.74) is 0.688. The minimum atomic E-state index is -0.623. The highest BCUT2D eigenvalue weighted by atomic mass is 16.7. The molecular formula is C12H9NO3. The number of amides is 2. The third kappa shape index (κ3) is 1.47. The van der Waals surface area contributed by atoms with E-state index in [1.807, 2.05) is 0 Å². The molecule has 0 aromatic heterocycles. The van der Waals surface area contributed by atoms with Crippen LogP contribution in [0.4, 0.5) is 0 Å². The Morgan fingerprint density at radius 3 is 2.19 bits per heavy atom. The average Bonchev–Trinajstić information content (AvgIpc) is 2.55. The van der Waals surface area contributed by atoms with Crippen LogP contribution in [0.25, 0.3) is 0 Å². The van der Waals surface area contributed by atoms with Gasteiger partial charge in [0, 0.05) is 0 Å². The molecule has 2 amide bonds. The highest BCUT2D eigenvalue weighted by Gasteiger charge is 2.37. The maximum absolute atomic E-state index is 11.8. The fourth-order valence-electron chi connectivity index (χ4n) is 1.45. The molecule has 1 aromatic rings. The molecule has 1 unspecified atom stereocenters. The SMILES string of the molecule is C#CC(C)ON1C(=O)c2ccccc2C1=O. The van der Waals surface area contributed by atoms with E-state index in [1.54, 1.807) is 31.2 Å². The monoisotopic (exact) mass is 215 g/mol. The van der Waals surface area contributed by atoms with Crippen molar-refractivity contribution in [2.45, 2.75) is 13.0 Å². The number of imide groups is 1. The normalized spacial score (nSPS) is 15.9. The summed E-state index contributed by atoms with van der Waals surface area (Å²) in [4.78, 5) is 28.6. The van der Waals surface area contributed by atoms with Crippen LogP contribution in [0.3, 0.4) is 0 Å². The van der Waals surface area contributed by atoms with Crippen LogP contribution >= 0.6 is 0 Å². The summed E-state index contributed by atoms with van der Waals surface area (Å²) in [7, 11) is 0. The molecule has 0 saturated carbocycles. The lowest BCUT2D eigenvalue weighted by Gasteiger charge is -2.15. The fourth-order valence-corrected chi connectivity index (χ4v) is 1.45. The molecule has 0 fully saturated rings. The van der Waals surface area contributed by atoms with Gasteiger partial charge in [0.1, 0.15) is 6.10 Å². The van der Waals surface area contributed by atoms with Crippen molar-refractivity contribution in [2.24, 2.45) is 0 Å². The maximum atomic E-state index is 11.8. The van der Waals surface area contributed by atoms with E-state index in [-0.39, 0.29) is 0 Å². The molecule has 1 atom stereocenters. The van der Waals surface area contributed by atoms with Crippen molar-refractivity contribution >= 4 is 11.8 Å². The van der Waals surface area contributed by atoms with Crippen molar-refractivity contribution < 1.29 is 14.4 Å². The van der Waals surface area contributed by atoms with Crippen molar-refractivity contribution in [3.63, 3.8) is 0 Å². The number of hydrogen-bond acceptors (Lipinski definition) is 3. The van der Waals surface area contributed by atoms with Gasteiger partial charge in [-0.2, -0.15) is 0 Å². The van der Waals surface area contributed by atoms with Gasteiger partial charge in [-0.1, -0.05) is 18.1 Å². The van der Waals surface area contributed by atoms with Crippen LogP contribution in [-0.2, 0) is 4.84 Å². The van der Waals surface area contributed by atoms with Gasteiger partial charge in [0.15, 0.2) is 0 Å². The predicted molar refractivity (Wildman–Crippen MR) is 56.3 cm³/mol. The van der Waals surface area contributed by atoms with Gasteiger partial charge in [-0.3, -0.25) is 9.59 Å². The molecule has 4 nitrogen and oxygen atoms in total. The van der Waals surface area contributed by atoms with Crippen molar-refractivity contribution in [3.05, 3.63) is 35.4 Å². The highest BCUT2D eigenvalue weighted by molar-refractivity contribution is 6.20. The summed E-state index contributed by atoms with van der Waals surface area (Å²) >= 11 is 0. The quantitative estimate of drug-likeness (QED) is 0.550. The van der Waals surface area contributed by atoms with E-state index in [2.05, 4.69) is 5.92 Å². The Kier molecular flexibility index (Phi) is 2.47. The Hall–Kier alpha value is -2.12. The molecule has 0 spiro atoms. The van der Waals surface area contributed by atoms with Crippen LogP contribution < -0.4 is 0 Å². The maximum Gasteiger partial charge on any atom is 0.285 e. The molecule has 1 aromatic carbocycles. The number of rotatable bonds is 2. The Morgan fingerprint density at radius 1 is 1.25 bits per heavy atom. The first-order chi connectivity index (χ1) is 7.65. The van der Waals surface area contributed by atoms with Gasteiger partial charge in [0.25, 0.3) is 11.8 Å². The molecule has 0 N–H and O–H groups in total. The van der Waals surface area contributed by atoms with Crippen molar-refractivity contribution in [2.75, 3.05) is 0 Å². The summed E-state index contributed by atoms with van der Waals surface area (Å²) in [5, 5.41) is 0.717. The van der Waals surface area contributed by atoms with E-state index in [1.165, 1.54) is 0 Å². The molecule has 1 aliphatic heterocycles. The van der Waals surface area contributed by atoms with Gasteiger partial charge < -0.3 is 0 Å². The van der Waals surface area contributed by atoms with Crippen LogP contribution in [-0.4, -0.2) is 23.0 Å². The molecule has 4 heteroatoms. The van der Waals surface area contributed by atoms with Gasteiger partial charge >= 0.3 is 0 Å². The molecule has 1 heterocycles. The molecule has 0 radical (unpaired) electrons. The topological polar surface area (TPSA) is 46.6 Å². The zero-order valence-electron chi connectivity index (χ0n) is 8.64. The second-order valence-corrected chi connectivity index (χ2v) is 3.36. The minimum absolute atomic E-state index is 0.344. The smallest absolute Gasteiger partial charge is 0.266 e. The molecule has 0 bridgehead atoms. The van der Waals surface area contributed by atoms with Crippen LogP contribution in [0, 0.1) is 12.3 Å². The average molecular weight is 215 g/mol. The van der Waals surface area contributed by atoms with E-state index in [0.717, 1.165) is 5.06 Å². The van der Waals surface area contributed by atoms with Crippen LogP contribution in [0.5, 0.6) is 0 Å². The van der Waals surface area contributed by atoms with Crippen LogP contribution in [0.2, 0.25) is 0 Å². The van der Waals surface area contributed by atoms with Gasteiger partial charge in [-0.05, 0) is 19.1 Å². The molecule has 1 aliphatic rings. The lowest BCUT2D eigenvalue weighted by atomic mass is 10.1. The number of hydroxylamine groups is 2. The van der Waals surface area contributed by atoms with E-state index in [9.17, 15) is 9.59 Å². The van der Waals surface area contributed by atoms with Crippen LogP contribution in [0.1, 0.15) is 27.6 Å². The Labute approximate surface area is 92.8 Å². The lowest BCUT2D eigenvalue weighted by molar-refractivity contribution is -0.108. The third-order valence-corrected chi connectivity index (χ3v) is 2.26. The van der Waals surface area contributed by atoms with Crippen molar-refractivity contribution in [1.82, 2.24) is 5.06 Å². The van der Waals surface area contributed by atoms with Gasteiger partial charge in [0.2, 0.25) is 0 Å². The number of terminal acetylenes is 1. The third-order valence-electron chi connectivity index (χ3n) is 2.26. The molecule has 0 saturated heterocycles. The van der Waals surface area contributed by atoms with Gasteiger partial charge in [0.05, 0.1) is 11.1 Å². The molecule has 80 valence electrons. The van der Waals surface area contributed by atoms with Gasteiger partial charge in [-0.25, -0.2) is 4.84 Å². The largest absolute Gasteiger partial charge is 0.285 e. The summed E-state index contributed by atoms with van der Waals surface area (Å²) in [5.74, 6) is 1.35. The Morgan fingerprint density at radius 2 is 1.75 bits per heavy atom. The standard InChI is InChI=1S/C12H9NO3/c1-3-8(2)16-13-11(14)9-6-4-5-7-10(9)12(13)15/h1,4-8H,2H3. The van der Waals surface area contributed by atoms with Crippen LogP contribution in [0.15, 0.2) is 24.3 Å². The summed E-state index contributed by atoms with van der Waals surface area (Å²) in [6, 6.07) is 6.55. The Balaban J connectivity index is 2.33. The minimum Gasteiger partial charge on any atom is -0.266 e. The molecular weight excluding hydrogens is 206 g/mol. The summed E-state index contributed by atoms with van der Waals surface area (Å²) in [6.07, 6.45) is 4.50. The second-order valence-electron chi connectivity index (χ2n) is 3.36. The lowest BCUT2D eigenvalue weighted by Crippen LogP contribution is -2.33. The molecule has 0 aliphatic carbocycles. The fraction of sp³-hybridized carbons (Fsp3) is 0.167. The molecule has 2 rings (SSSR count). The van der Waals surface area contributed by atoms with Gasteiger partial charge in [-0.15, -0.1) is 11.5 Å². The number of benzene rings is 1. The second kappa shape index (κ2) is 3.80. The highest BCUT2D eigenvalue weighted by Crippen LogP contribution is 2.23. The zero-order valence-corrected chi connectivity index (χ0v) is 8.64. The Bertz CT molecular complexity index is 466. The van der Waals surface area contributed by atoms with Crippen molar-refractivity contribution in [1.29, 1.82) is 0 Å². The predicted octanol–water partition coefficient (Wildman–Crippen LogP) is 1.24. The van der Waals surface area contributed by atoms with Crippen molar-refractivity contribution in [3.8, 4) is 12.3 Å². The number of carbonyl (C=O) groups excluding carboxylic acids is 2. The number of hydrogen-bond donors (Lipinski definition) is 0. The first-order valence-corrected chi connectivity index (χ1v) is 4.76. The van der Waals surface area contributed by atoms with E-state index < -0.39 is 17.9 Å². The number of nitrogens with zero attached hydrogens (tertiary/aromatic N) is 1. The summed E-state index contributed by atoms with van der Waals surface area (Å²) < 4.78 is 0.